The second kappa shape index (κ2) is 4.96. The third kappa shape index (κ3) is 2.50. The van der Waals surface area contributed by atoms with Gasteiger partial charge in [0.1, 0.15) is 5.75 Å². The number of carbonyl (C=O) groups is 2. The second-order valence-electron chi connectivity index (χ2n) is 3.12. The van der Waals surface area contributed by atoms with Crippen LogP contribution in [0, 0.1) is 0 Å². The van der Waals surface area contributed by atoms with E-state index in [-0.39, 0.29) is 28.6 Å². The summed E-state index contributed by atoms with van der Waals surface area (Å²) < 4.78 is 0. The summed E-state index contributed by atoms with van der Waals surface area (Å²) in [6.45, 7) is 1.01. The number of halogens is 1. The molecule has 0 bridgehead atoms. The highest BCUT2D eigenvalue weighted by Gasteiger charge is 2.18. The van der Waals surface area contributed by atoms with Gasteiger partial charge in [0.25, 0.3) is 0 Å². The number of benzene rings is 1. The number of carbonyl (C=O) groups excluding carboxylic acids is 2. The van der Waals surface area contributed by atoms with E-state index >= 15 is 0 Å². The van der Waals surface area contributed by atoms with E-state index < -0.39 is 11.7 Å². The minimum atomic E-state index is -0.454. The molecule has 0 fully saturated rings. The summed E-state index contributed by atoms with van der Waals surface area (Å²) >= 11 is 5.82. The Morgan fingerprint density at radius 2 is 2.12 bits per heavy atom. The number of hydrogen-bond donors (Lipinski definition) is 3. The normalized spacial score (nSPS) is 9.94. The van der Waals surface area contributed by atoms with Crippen LogP contribution >= 0.6 is 11.6 Å². The van der Waals surface area contributed by atoms with Gasteiger partial charge in [0.15, 0.2) is 5.78 Å². The summed E-state index contributed by atoms with van der Waals surface area (Å²) in [4.78, 5) is 22.4. The standard InChI is InChI=1S/C10H11ClN2O3/c1-5(14)13-10-7(15)3-2-6(11)9(10)8(16)4-12/h2-3,15H,4,12H2,1H3,(H,13,14). The lowest BCUT2D eigenvalue weighted by molar-refractivity contribution is -0.114. The first-order chi connectivity index (χ1) is 7.47. The van der Waals surface area contributed by atoms with Crippen molar-refractivity contribution < 1.29 is 14.7 Å². The monoisotopic (exact) mass is 242 g/mol. The predicted octanol–water partition coefficient (Wildman–Crippen LogP) is 1.15. The molecule has 1 amide bonds. The van der Waals surface area contributed by atoms with Crippen molar-refractivity contribution in [3.63, 3.8) is 0 Å². The van der Waals surface area contributed by atoms with E-state index in [0.29, 0.717) is 0 Å². The van der Waals surface area contributed by atoms with Gasteiger partial charge in [-0.05, 0) is 12.1 Å². The van der Waals surface area contributed by atoms with Crippen molar-refractivity contribution in [3.8, 4) is 5.75 Å². The van der Waals surface area contributed by atoms with Gasteiger partial charge in [-0.2, -0.15) is 0 Å². The zero-order valence-electron chi connectivity index (χ0n) is 8.58. The lowest BCUT2D eigenvalue weighted by atomic mass is 10.1. The zero-order chi connectivity index (χ0) is 12.3. The van der Waals surface area contributed by atoms with E-state index in [1.165, 1.54) is 19.1 Å². The van der Waals surface area contributed by atoms with E-state index in [2.05, 4.69) is 5.32 Å². The molecule has 0 aliphatic carbocycles. The first-order valence-corrected chi connectivity index (χ1v) is 4.87. The summed E-state index contributed by atoms with van der Waals surface area (Å²) in [5, 5.41) is 12.0. The minimum absolute atomic E-state index is 0.00421. The van der Waals surface area contributed by atoms with Crippen molar-refractivity contribution in [2.24, 2.45) is 5.73 Å². The second-order valence-corrected chi connectivity index (χ2v) is 3.53. The van der Waals surface area contributed by atoms with Crippen LogP contribution in [0.3, 0.4) is 0 Å². The molecule has 1 aromatic carbocycles. The van der Waals surface area contributed by atoms with Crippen molar-refractivity contribution in [1.82, 2.24) is 0 Å². The van der Waals surface area contributed by atoms with Gasteiger partial charge >= 0.3 is 0 Å². The van der Waals surface area contributed by atoms with Gasteiger partial charge in [0.05, 0.1) is 22.8 Å². The van der Waals surface area contributed by atoms with Gasteiger partial charge < -0.3 is 16.2 Å². The van der Waals surface area contributed by atoms with Crippen molar-refractivity contribution in [2.45, 2.75) is 6.92 Å². The number of nitrogens with two attached hydrogens (primary N) is 1. The molecule has 0 unspecified atom stereocenters. The van der Waals surface area contributed by atoms with E-state index in [1.54, 1.807) is 0 Å². The molecule has 0 aromatic heterocycles. The number of phenols is 1. The van der Waals surface area contributed by atoms with Gasteiger partial charge in [-0.25, -0.2) is 0 Å². The SMILES string of the molecule is CC(=O)Nc1c(O)ccc(Cl)c1C(=O)CN. The highest BCUT2D eigenvalue weighted by atomic mass is 35.5. The lowest BCUT2D eigenvalue weighted by Crippen LogP contribution is -2.18. The molecule has 0 heterocycles. The van der Waals surface area contributed by atoms with Gasteiger partial charge in [-0.1, -0.05) is 11.6 Å². The molecule has 0 saturated heterocycles. The van der Waals surface area contributed by atoms with Gasteiger partial charge in [0, 0.05) is 6.92 Å². The van der Waals surface area contributed by atoms with E-state index in [9.17, 15) is 14.7 Å². The van der Waals surface area contributed by atoms with E-state index in [1.807, 2.05) is 0 Å². The number of nitrogens with one attached hydrogen (secondary N) is 1. The fourth-order valence-electron chi connectivity index (χ4n) is 1.24. The molecule has 16 heavy (non-hydrogen) atoms. The molecule has 0 aliphatic heterocycles. The van der Waals surface area contributed by atoms with Crippen molar-refractivity contribution in [3.05, 3.63) is 22.7 Å². The number of ketones is 1. The Balaban J connectivity index is 3.36. The van der Waals surface area contributed by atoms with Crippen LogP contribution in [0.5, 0.6) is 5.75 Å². The number of rotatable bonds is 3. The quantitative estimate of drug-likeness (QED) is 0.548. The van der Waals surface area contributed by atoms with E-state index in [0.717, 1.165) is 0 Å². The summed E-state index contributed by atoms with van der Waals surface area (Å²) in [5.41, 5.74) is 5.24. The van der Waals surface area contributed by atoms with Crippen molar-refractivity contribution in [1.29, 1.82) is 0 Å². The number of hydrogen-bond acceptors (Lipinski definition) is 4. The highest BCUT2D eigenvalue weighted by Crippen LogP contribution is 2.33. The average molecular weight is 243 g/mol. The Bertz CT molecular complexity index is 446. The molecule has 1 rings (SSSR count). The van der Waals surface area contributed by atoms with Gasteiger partial charge in [-0.15, -0.1) is 0 Å². The zero-order valence-corrected chi connectivity index (χ0v) is 9.34. The Morgan fingerprint density at radius 1 is 1.50 bits per heavy atom. The van der Waals surface area contributed by atoms with Crippen LogP contribution in [0.2, 0.25) is 5.02 Å². The minimum Gasteiger partial charge on any atom is -0.506 e. The van der Waals surface area contributed by atoms with Crippen LogP contribution < -0.4 is 11.1 Å². The van der Waals surface area contributed by atoms with Crippen LogP contribution in [0.25, 0.3) is 0 Å². The van der Waals surface area contributed by atoms with Crippen LogP contribution in [0.1, 0.15) is 17.3 Å². The smallest absolute Gasteiger partial charge is 0.221 e. The van der Waals surface area contributed by atoms with Crippen LogP contribution in [0.4, 0.5) is 5.69 Å². The molecule has 0 aliphatic rings. The predicted molar refractivity (Wildman–Crippen MR) is 60.8 cm³/mol. The Labute approximate surface area is 97.2 Å². The molecule has 0 saturated carbocycles. The number of anilines is 1. The Kier molecular flexibility index (Phi) is 3.87. The maximum Gasteiger partial charge on any atom is 0.221 e. The first-order valence-electron chi connectivity index (χ1n) is 4.49. The fraction of sp³-hybridized carbons (Fsp3) is 0.200. The number of phenolic OH excluding ortho intramolecular Hbond substituents is 1. The molecule has 0 radical (unpaired) electrons. The van der Waals surface area contributed by atoms with E-state index in [4.69, 9.17) is 17.3 Å². The van der Waals surface area contributed by atoms with Crippen molar-refractivity contribution >= 4 is 29.0 Å². The molecule has 0 spiro atoms. The molecule has 1 aromatic rings. The third-order valence-corrected chi connectivity index (χ3v) is 2.21. The molecule has 4 N–H and O–H groups in total. The Morgan fingerprint density at radius 3 is 2.62 bits per heavy atom. The summed E-state index contributed by atoms with van der Waals surface area (Å²) in [6.07, 6.45) is 0. The number of amides is 1. The van der Waals surface area contributed by atoms with Crippen molar-refractivity contribution in [2.75, 3.05) is 11.9 Å². The first kappa shape index (κ1) is 12.5. The maximum absolute atomic E-state index is 11.5. The van der Waals surface area contributed by atoms with Gasteiger partial charge in [0.2, 0.25) is 5.91 Å². The highest BCUT2D eigenvalue weighted by molar-refractivity contribution is 6.35. The largest absolute Gasteiger partial charge is 0.506 e. The Hall–Kier alpha value is -1.59. The number of Topliss-reactive ketones (excluding diaryl/α,β-unsaturated/α-hetero) is 1. The molecule has 0 atom stereocenters. The molecule has 86 valence electrons. The summed E-state index contributed by atoms with van der Waals surface area (Å²) in [6, 6.07) is 2.66. The third-order valence-electron chi connectivity index (χ3n) is 1.90. The molecular formula is C10H11ClN2O3. The van der Waals surface area contributed by atoms with Crippen LogP contribution in [-0.4, -0.2) is 23.3 Å². The van der Waals surface area contributed by atoms with Crippen LogP contribution in [0.15, 0.2) is 12.1 Å². The van der Waals surface area contributed by atoms with Crippen LogP contribution in [-0.2, 0) is 4.79 Å². The molecular weight excluding hydrogens is 232 g/mol. The topological polar surface area (TPSA) is 92.4 Å². The molecule has 5 nitrogen and oxygen atoms in total. The molecule has 6 heteroatoms. The lowest BCUT2D eigenvalue weighted by Gasteiger charge is -2.11. The summed E-state index contributed by atoms with van der Waals surface area (Å²) in [7, 11) is 0. The average Bonchev–Trinajstić information content (AvgIpc) is 2.22. The fourth-order valence-corrected chi connectivity index (χ4v) is 1.51. The van der Waals surface area contributed by atoms with Gasteiger partial charge in [-0.3, -0.25) is 9.59 Å². The summed E-state index contributed by atoms with van der Waals surface area (Å²) in [5.74, 6) is -1.09. The number of aromatic hydroxyl groups is 1. The maximum atomic E-state index is 11.5.